The molecule has 0 atom stereocenters. The van der Waals surface area contributed by atoms with Crippen LogP contribution in [0.15, 0.2) is 35.3 Å². The monoisotopic (exact) mass is 173 g/mol. The van der Waals surface area contributed by atoms with E-state index in [0.717, 1.165) is 30.7 Å². The van der Waals surface area contributed by atoms with Crippen LogP contribution in [0.5, 0.6) is 0 Å². The van der Waals surface area contributed by atoms with Crippen molar-refractivity contribution in [1.29, 1.82) is 0 Å². The summed E-state index contributed by atoms with van der Waals surface area (Å²) < 4.78 is 0. The van der Waals surface area contributed by atoms with Gasteiger partial charge in [0.2, 0.25) is 5.78 Å². The van der Waals surface area contributed by atoms with Crippen molar-refractivity contribution in [2.75, 3.05) is 6.54 Å². The van der Waals surface area contributed by atoms with Gasteiger partial charge in [-0.2, -0.15) is 0 Å². The maximum atomic E-state index is 11.7. The van der Waals surface area contributed by atoms with Gasteiger partial charge in [-0.3, -0.25) is 9.79 Å². The van der Waals surface area contributed by atoms with E-state index >= 15 is 0 Å². The maximum absolute atomic E-state index is 11.7. The van der Waals surface area contributed by atoms with Gasteiger partial charge in [0, 0.05) is 12.1 Å². The number of carbonyl (C=O) groups is 1. The molecular weight excluding hydrogens is 162 g/mol. The molecule has 1 aliphatic rings. The first kappa shape index (κ1) is 8.17. The molecule has 0 N–H and O–H groups in total. The first-order valence-corrected chi connectivity index (χ1v) is 4.51. The molecular formula is C11H11NO. The van der Waals surface area contributed by atoms with Crippen LogP contribution >= 0.6 is 0 Å². The summed E-state index contributed by atoms with van der Waals surface area (Å²) in [5.41, 5.74) is 1.49. The van der Waals surface area contributed by atoms with Gasteiger partial charge in [0.05, 0.1) is 5.71 Å². The van der Waals surface area contributed by atoms with Gasteiger partial charge in [0.25, 0.3) is 0 Å². The lowest BCUT2D eigenvalue weighted by molar-refractivity contribution is 0.106. The van der Waals surface area contributed by atoms with Crippen molar-refractivity contribution in [2.24, 2.45) is 4.99 Å². The summed E-state index contributed by atoms with van der Waals surface area (Å²) in [4.78, 5) is 15.9. The number of aliphatic imine (C=N–C) groups is 1. The maximum Gasteiger partial charge on any atom is 0.206 e. The van der Waals surface area contributed by atoms with E-state index in [1.807, 2.05) is 30.3 Å². The lowest BCUT2D eigenvalue weighted by Crippen LogP contribution is -2.11. The second kappa shape index (κ2) is 3.52. The number of hydrogen-bond donors (Lipinski definition) is 0. The average molecular weight is 173 g/mol. The van der Waals surface area contributed by atoms with Crippen LogP contribution in [0.25, 0.3) is 0 Å². The second-order valence-corrected chi connectivity index (χ2v) is 3.13. The highest BCUT2D eigenvalue weighted by Crippen LogP contribution is 2.10. The zero-order valence-corrected chi connectivity index (χ0v) is 7.36. The fraction of sp³-hybridized carbons (Fsp3) is 0.273. The Kier molecular flexibility index (Phi) is 2.21. The van der Waals surface area contributed by atoms with Crippen molar-refractivity contribution in [1.82, 2.24) is 0 Å². The van der Waals surface area contributed by atoms with E-state index in [9.17, 15) is 4.79 Å². The van der Waals surface area contributed by atoms with Crippen LogP contribution in [0.2, 0.25) is 0 Å². The Morgan fingerprint density at radius 1 is 1.23 bits per heavy atom. The molecule has 2 heteroatoms. The standard InChI is InChI=1S/C11H11NO/c13-11(10-7-4-8-12-10)9-5-2-1-3-6-9/h1-3,5-6H,4,7-8H2. The van der Waals surface area contributed by atoms with Gasteiger partial charge in [-0.05, 0) is 12.8 Å². The Bertz CT molecular complexity index is 340. The molecule has 1 aromatic rings. The SMILES string of the molecule is O=C(C1=NCCC1)c1ccccc1. The molecule has 0 aromatic heterocycles. The molecule has 0 aliphatic carbocycles. The van der Waals surface area contributed by atoms with Gasteiger partial charge < -0.3 is 0 Å². The van der Waals surface area contributed by atoms with E-state index in [4.69, 9.17) is 0 Å². The number of rotatable bonds is 2. The molecule has 0 saturated heterocycles. The molecule has 2 rings (SSSR count). The van der Waals surface area contributed by atoms with Crippen molar-refractivity contribution in [3.05, 3.63) is 35.9 Å². The molecule has 1 aliphatic heterocycles. The summed E-state index contributed by atoms with van der Waals surface area (Å²) >= 11 is 0. The Morgan fingerprint density at radius 3 is 2.62 bits per heavy atom. The van der Waals surface area contributed by atoms with Crippen molar-refractivity contribution >= 4 is 11.5 Å². The Hall–Kier alpha value is -1.44. The van der Waals surface area contributed by atoms with E-state index in [1.54, 1.807) is 0 Å². The van der Waals surface area contributed by atoms with Crippen LogP contribution in [-0.2, 0) is 0 Å². The molecule has 1 heterocycles. The van der Waals surface area contributed by atoms with Gasteiger partial charge in [-0.25, -0.2) is 0 Å². The summed E-state index contributed by atoms with van der Waals surface area (Å²) in [6.45, 7) is 0.813. The number of hydrogen-bond acceptors (Lipinski definition) is 2. The summed E-state index contributed by atoms with van der Waals surface area (Å²) in [7, 11) is 0. The van der Waals surface area contributed by atoms with Gasteiger partial charge >= 0.3 is 0 Å². The largest absolute Gasteiger partial charge is 0.287 e. The Morgan fingerprint density at radius 2 is 2.00 bits per heavy atom. The summed E-state index contributed by atoms with van der Waals surface area (Å²) in [6, 6.07) is 9.34. The summed E-state index contributed by atoms with van der Waals surface area (Å²) in [6.07, 6.45) is 1.86. The number of benzene rings is 1. The third-order valence-corrected chi connectivity index (χ3v) is 2.17. The number of ketones is 1. The van der Waals surface area contributed by atoms with Crippen LogP contribution in [0.3, 0.4) is 0 Å². The van der Waals surface area contributed by atoms with E-state index in [1.165, 1.54) is 0 Å². The molecule has 0 radical (unpaired) electrons. The summed E-state index contributed by atoms with van der Waals surface area (Å²) in [5.74, 6) is 0.0955. The summed E-state index contributed by atoms with van der Waals surface area (Å²) in [5, 5.41) is 0. The zero-order valence-electron chi connectivity index (χ0n) is 7.36. The van der Waals surface area contributed by atoms with Crippen LogP contribution in [0.4, 0.5) is 0 Å². The van der Waals surface area contributed by atoms with E-state index < -0.39 is 0 Å². The lowest BCUT2D eigenvalue weighted by atomic mass is 10.1. The highest BCUT2D eigenvalue weighted by Gasteiger charge is 2.16. The smallest absolute Gasteiger partial charge is 0.206 e. The van der Waals surface area contributed by atoms with Crippen molar-refractivity contribution in [2.45, 2.75) is 12.8 Å². The molecule has 66 valence electrons. The van der Waals surface area contributed by atoms with Gasteiger partial charge in [0.15, 0.2) is 0 Å². The first-order chi connectivity index (χ1) is 6.38. The van der Waals surface area contributed by atoms with Gasteiger partial charge in [-0.15, -0.1) is 0 Å². The van der Waals surface area contributed by atoms with Crippen LogP contribution in [0.1, 0.15) is 23.2 Å². The predicted octanol–water partition coefficient (Wildman–Crippen LogP) is 2.10. The number of carbonyl (C=O) groups excluding carboxylic acids is 1. The molecule has 0 bridgehead atoms. The molecule has 0 fully saturated rings. The first-order valence-electron chi connectivity index (χ1n) is 4.51. The molecule has 13 heavy (non-hydrogen) atoms. The van der Waals surface area contributed by atoms with Crippen molar-refractivity contribution in [3.63, 3.8) is 0 Å². The molecule has 0 saturated carbocycles. The number of Topliss-reactive ketones (excluding diaryl/α,β-unsaturated/α-hetero) is 1. The molecule has 0 amide bonds. The van der Waals surface area contributed by atoms with E-state index in [-0.39, 0.29) is 5.78 Å². The minimum Gasteiger partial charge on any atom is -0.287 e. The van der Waals surface area contributed by atoms with Crippen LogP contribution in [-0.4, -0.2) is 18.0 Å². The molecule has 1 aromatic carbocycles. The van der Waals surface area contributed by atoms with Gasteiger partial charge in [-0.1, -0.05) is 30.3 Å². The second-order valence-electron chi connectivity index (χ2n) is 3.13. The van der Waals surface area contributed by atoms with Crippen LogP contribution < -0.4 is 0 Å². The lowest BCUT2D eigenvalue weighted by Gasteiger charge is -1.98. The minimum atomic E-state index is 0.0955. The average Bonchev–Trinajstić information content (AvgIpc) is 2.71. The predicted molar refractivity (Wildman–Crippen MR) is 52.3 cm³/mol. The highest BCUT2D eigenvalue weighted by atomic mass is 16.1. The fourth-order valence-corrected chi connectivity index (χ4v) is 1.48. The van der Waals surface area contributed by atoms with Crippen LogP contribution in [0, 0.1) is 0 Å². The topological polar surface area (TPSA) is 29.4 Å². The third-order valence-electron chi connectivity index (χ3n) is 2.17. The van der Waals surface area contributed by atoms with Gasteiger partial charge in [0.1, 0.15) is 0 Å². The van der Waals surface area contributed by atoms with E-state index in [2.05, 4.69) is 4.99 Å². The molecule has 0 unspecified atom stereocenters. The fourth-order valence-electron chi connectivity index (χ4n) is 1.48. The highest BCUT2D eigenvalue weighted by molar-refractivity contribution is 6.46. The molecule has 2 nitrogen and oxygen atoms in total. The van der Waals surface area contributed by atoms with E-state index in [0.29, 0.717) is 0 Å². The Labute approximate surface area is 77.3 Å². The quantitative estimate of drug-likeness (QED) is 0.630. The zero-order chi connectivity index (χ0) is 9.10. The van der Waals surface area contributed by atoms with Crippen molar-refractivity contribution < 1.29 is 4.79 Å². The number of nitrogens with zero attached hydrogens (tertiary/aromatic N) is 1. The third kappa shape index (κ3) is 1.66. The normalized spacial score (nSPS) is 15.5. The van der Waals surface area contributed by atoms with Crippen molar-refractivity contribution in [3.8, 4) is 0 Å². The Balaban J connectivity index is 2.23. The minimum absolute atomic E-state index is 0.0955. The molecule has 0 spiro atoms.